The molecule has 1 N–H and O–H groups in total. The molecule has 7 heteroatoms. The van der Waals surface area contributed by atoms with Gasteiger partial charge in [0.1, 0.15) is 18.5 Å². The number of aliphatic hydroxyl groups is 1. The van der Waals surface area contributed by atoms with E-state index in [4.69, 9.17) is 0 Å². The Morgan fingerprint density at radius 2 is 1.70 bits per heavy atom. The summed E-state index contributed by atoms with van der Waals surface area (Å²) in [5.74, 6) is -2.03. The van der Waals surface area contributed by atoms with Crippen LogP contribution in [-0.2, 0) is 14.6 Å². The van der Waals surface area contributed by atoms with E-state index in [2.05, 4.69) is 9.78 Å². The molecule has 1 atom stereocenters. The van der Waals surface area contributed by atoms with Crippen molar-refractivity contribution in [2.75, 3.05) is 27.7 Å². The van der Waals surface area contributed by atoms with Crippen molar-refractivity contribution in [2.24, 2.45) is 0 Å². The lowest BCUT2D eigenvalue weighted by Gasteiger charge is -2.26. The number of quaternary nitrogens is 1. The number of hydrogen-bond donors (Lipinski definition) is 1. The maximum absolute atomic E-state index is 13.0. The number of aliphatic hydroxyl groups excluding tert-OH is 1. The number of carbonyl (C=O) groups is 2. The Morgan fingerprint density at radius 3 is 2.33 bits per heavy atom. The Morgan fingerprint density at radius 1 is 1.04 bits per heavy atom. The number of likely N-dealkylation sites (N-methyl/N-ethyl adjacent to an activating group) is 1. The number of halogens is 1. The number of rotatable bonds is 6. The zero-order chi connectivity index (χ0) is 20.0. The van der Waals surface area contributed by atoms with E-state index >= 15 is 0 Å². The highest BCUT2D eigenvalue weighted by Crippen LogP contribution is 2.21. The van der Waals surface area contributed by atoms with Crippen LogP contribution >= 0.6 is 0 Å². The van der Waals surface area contributed by atoms with Gasteiger partial charge in [0.15, 0.2) is 0 Å². The van der Waals surface area contributed by atoms with E-state index in [1.54, 1.807) is 30.3 Å². The van der Waals surface area contributed by atoms with Crippen molar-refractivity contribution in [1.82, 2.24) is 0 Å². The molecule has 27 heavy (non-hydrogen) atoms. The fourth-order valence-corrected chi connectivity index (χ4v) is 2.52. The lowest BCUT2D eigenvalue weighted by molar-refractivity contribution is -0.873. The van der Waals surface area contributed by atoms with E-state index in [0.717, 1.165) is 5.56 Å². The molecule has 0 amide bonds. The monoisotopic (exact) mass is 376 g/mol. The van der Waals surface area contributed by atoms with E-state index in [9.17, 15) is 19.1 Å². The first-order chi connectivity index (χ1) is 12.6. The molecule has 0 saturated carbocycles. The molecule has 0 aliphatic heterocycles. The quantitative estimate of drug-likeness (QED) is 0.477. The van der Waals surface area contributed by atoms with Gasteiger partial charge in [-0.15, -0.1) is 0 Å². The molecule has 0 aromatic heterocycles. The molecule has 0 aliphatic rings. The second kappa shape index (κ2) is 8.75. The fraction of sp³-hybridized carbons (Fsp3) is 0.300. The summed E-state index contributed by atoms with van der Waals surface area (Å²) in [4.78, 5) is 32.8. The maximum atomic E-state index is 13.0. The summed E-state index contributed by atoms with van der Waals surface area (Å²) in [7, 11) is 5.63. The number of hydrogen-bond acceptors (Lipinski definition) is 5. The molecule has 1 unspecified atom stereocenters. The van der Waals surface area contributed by atoms with Crippen LogP contribution in [0, 0.1) is 5.82 Å². The van der Waals surface area contributed by atoms with Gasteiger partial charge in [-0.1, -0.05) is 24.3 Å². The van der Waals surface area contributed by atoms with Crippen LogP contribution in [0.15, 0.2) is 48.5 Å². The molecule has 0 bridgehead atoms. The Balaban J connectivity index is 1.93. The molecule has 0 heterocycles. The van der Waals surface area contributed by atoms with E-state index in [-0.39, 0.29) is 17.8 Å². The van der Waals surface area contributed by atoms with Gasteiger partial charge in [0.25, 0.3) is 0 Å². The molecule has 2 aromatic rings. The molecule has 6 nitrogen and oxygen atoms in total. The minimum Gasteiger partial charge on any atom is -0.387 e. The van der Waals surface area contributed by atoms with Crippen LogP contribution in [0.5, 0.6) is 0 Å². The predicted octanol–water partition coefficient (Wildman–Crippen LogP) is 2.56. The van der Waals surface area contributed by atoms with E-state index < -0.39 is 18.0 Å². The summed E-state index contributed by atoms with van der Waals surface area (Å²) in [5.41, 5.74) is 1.59. The largest absolute Gasteiger partial charge is 0.387 e. The molecule has 0 fully saturated rings. The summed E-state index contributed by atoms with van der Waals surface area (Å²) in [6.07, 6.45) is -1.18. The second-order valence-electron chi connectivity index (χ2n) is 7.24. The average molecular weight is 376 g/mol. The number of nitrogens with zero attached hydrogens (tertiary/aromatic N) is 1. The minimum absolute atomic E-state index is 0.177. The van der Waals surface area contributed by atoms with Gasteiger partial charge in [-0.2, -0.15) is 0 Å². The molecular weight excluding hydrogens is 353 g/mol. The predicted molar refractivity (Wildman–Crippen MR) is 96.9 cm³/mol. The third kappa shape index (κ3) is 6.80. The first-order valence-electron chi connectivity index (χ1n) is 8.40. The van der Waals surface area contributed by atoms with Gasteiger partial charge < -0.3 is 9.59 Å². The van der Waals surface area contributed by atoms with Gasteiger partial charge in [-0.25, -0.2) is 23.8 Å². The van der Waals surface area contributed by atoms with Crippen molar-refractivity contribution < 1.29 is 33.3 Å². The van der Waals surface area contributed by atoms with E-state index in [0.29, 0.717) is 16.6 Å². The van der Waals surface area contributed by atoms with Crippen LogP contribution in [0.1, 0.15) is 16.8 Å². The van der Waals surface area contributed by atoms with Crippen LogP contribution in [-0.4, -0.2) is 55.3 Å². The summed E-state index contributed by atoms with van der Waals surface area (Å²) in [6.45, 7) is 0.350. The maximum Gasteiger partial charge on any atom is 0.386 e. The molecule has 144 valence electrons. The number of benzene rings is 2. The molecule has 0 spiro atoms. The van der Waals surface area contributed by atoms with Crippen molar-refractivity contribution in [2.45, 2.75) is 12.5 Å². The zero-order valence-corrected chi connectivity index (χ0v) is 15.5. The summed E-state index contributed by atoms with van der Waals surface area (Å²) in [5, 5.41) is 9.84. The first kappa shape index (κ1) is 20.5. The lowest BCUT2D eigenvalue weighted by Crippen LogP contribution is -2.42. The second-order valence-corrected chi connectivity index (χ2v) is 7.24. The third-order valence-electron chi connectivity index (χ3n) is 3.65. The van der Waals surface area contributed by atoms with Crippen LogP contribution < -0.4 is 0 Å². The highest BCUT2D eigenvalue weighted by Gasteiger charge is 2.21. The first-order valence-corrected chi connectivity index (χ1v) is 8.40. The third-order valence-corrected chi connectivity index (χ3v) is 3.65. The SMILES string of the molecule is C[N+](C)(C)CC(O)CC(=O)OOC(=O)c1cccc(-c2ccc(F)cc2)c1. The van der Waals surface area contributed by atoms with Gasteiger partial charge in [-0.05, 0) is 35.4 Å². The van der Waals surface area contributed by atoms with Crippen LogP contribution in [0.25, 0.3) is 11.1 Å². The standard InChI is InChI=1S/C20H23FNO5/c1-22(2,3)13-18(23)12-19(24)26-27-20(25)16-6-4-5-15(11-16)14-7-9-17(21)10-8-14/h4-11,18,23H,12-13H2,1-3H3/q+1. The van der Waals surface area contributed by atoms with Crippen molar-refractivity contribution in [3.8, 4) is 11.1 Å². The lowest BCUT2D eigenvalue weighted by atomic mass is 10.0. The van der Waals surface area contributed by atoms with Gasteiger partial charge in [0.05, 0.1) is 33.1 Å². The fourth-order valence-electron chi connectivity index (χ4n) is 2.52. The van der Waals surface area contributed by atoms with Gasteiger partial charge >= 0.3 is 11.9 Å². The highest BCUT2D eigenvalue weighted by molar-refractivity contribution is 5.91. The zero-order valence-electron chi connectivity index (χ0n) is 15.5. The van der Waals surface area contributed by atoms with Gasteiger partial charge in [0.2, 0.25) is 0 Å². The average Bonchev–Trinajstić information content (AvgIpc) is 2.58. The Kier molecular flexibility index (Phi) is 6.65. The highest BCUT2D eigenvalue weighted by atomic mass is 19.1. The van der Waals surface area contributed by atoms with Gasteiger partial charge in [0, 0.05) is 0 Å². The summed E-state index contributed by atoms with van der Waals surface area (Å²) >= 11 is 0. The Hall–Kier alpha value is -2.77. The smallest absolute Gasteiger partial charge is 0.386 e. The minimum atomic E-state index is -0.905. The molecule has 0 radical (unpaired) electrons. The van der Waals surface area contributed by atoms with E-state index in [1.165, 1.54) is 18.2 Å². The van der Waals surface area contributed by atoms with E-state index in [1.807, 2.05) is 21.1 Å². The molecule has 2 rings (SSSR count). The number of carbonyl (C=O) groups excluding carboxylic acids is 2. The molecule has 2 aromatic carbocycles. The molecule has 0 aliphatic carbocycles. The normalized spacial score (nSPS) is 12.3. The van der Waals surface area contributed by atoms with Crippen molar-refractivity contribution in [1.29, 1.82) is 0 Å². The van der Waals surface area contributed by atoms with Crippen molar-refractivity contribution in [3.63, 3.8) is 0 Å². The van der Waals surface area contributed by atoms with Gasteiger partial charge in [-0.3, -0.25) is 0 Å². The topological polar surface area (TPSA) is 72.8 Å². The summed E-state index contributed by atoms with van der Waals surface area (Å²) < 4.78 is 13.5. The van der Waals surface area contributed by atoms with Crippen LogP contribution in [0.2, 0.25) is 0 Å². The van der Waals surface area contributed by atoms with Crippen LogP contribution in [0.3, 0.4) is 0 Å². The van der Waals surface area contributed by atoms with Crippen molar-refractivity contribution >= 4 is 11.9 Å². The molecule has 0 saturated heterocycles. The Bertz CT molecular complexity index is 799. The summed E-state index contributed by atoms with van der Waals surface area (Å²) in [6, 6.07) is 12.3. The Labute approximate surface area is 157 Å². The molecular formula is C20H23FNO5+. The van der Waals surface area contributed by atoms with Crippen LogP contribution in [0.4, 0.5) is 4.39 Å². The van der Waals surface area contributed by atoms with Crippen molar-refractivity contribution in [3.05, 3.63) is 59.9 Å².